The van der Waals surface area contributed by atoms with Crippen molar-refractivity contribution in [1.29, 1.82) is 0 Å². The van der Waals surface area contributed by atoms with Gasteiger partial charge in [-0.25, -0.2) is 4.68 Å². The quantitative estimate of drug-likeness (QED) is 0.685. The highest BCUT2D eigenvalue weighted by Crippen LogP contribution is 2.24. The molecular formula is C9H8BrN5O2. The molecule has 7 nitrogen and oxygen atoms in total. The molecule has 0 saturated carbocycles. The molecule has 2 N–H and O–H groups in total. The molecule has 88 valence electrons. The van der Waals surface area contributed by atoms with Gasteiger partial charge >= 0.3 is 0 Å². The van der Waals surface area contributed by atoms with Crippen molar-refractivity contribution in [2.24, 2.45) is 0 Å². The number of nitrogens with two attached hydrogens (primary N) is 1. The monoisotopic (exact) mass is 297 g/mol. The maximum atomic E-state index is 10.9. The highest BCUT2D eigenvalue weighted by Gasteiger charge is 2.14. The summed E-state index contributed by atoms with van der Waals surface area (Å²) in [5, 5.41) is 18.2. The van der Waals surface area contributed by atoms with E-state index in [-0.39, 0.29) is 18.1 Å². The molecule has 0 unspecified atom stereocenters. The van der Waals surface area contributed by atoms with E-state index in [0.717, 1.165) is 0 Å². The molecule has 0 bridgehead atoms. The Labute approximate surface area is 105 Å². The minimum atomic E-state index is -0.430. The molecule has 2 aromatic rings. The van der Waals surface area contributed by atoms with Crippen molar-refractivity contribution in [3.63, 3.8) is 0 Å². The predicted octanol–water partition coefficient (Wildman–Crippen LogP) is 1.58. The molecule has 2 rings (SSSR count). The van der Waals surface area contributed by atoms with Gasteiger partial charge in [-0.2, -0.15) is 0 Å². The Morgan fingerprint density at radius 3 is 2.88 bits per heavy atom. The third-order valence-electron chi connectivity index (χ3n) is 2.13. The Morgan fingerprint density at radius 2 is 2.29 bits per heavy atom. The summed E-state index contributed by atoms with van der Waals surface area (Å²) in [6, 6.07) is 4.86. The lowest BCUT2D eigenvalue weighted by atomic mass is 10.2. The van der Waals surface area contributed by atoms with Crippen LogP contribution in [0.2, 0.25) is 0 Å². The second-order valence-corrected chi connectivity index (χ2v) is 4.29. The maximum Gasteiger partial charge on any atom is 0.275 e. The van der Waals surface area contributed by atoms with Crippen LogP contribution in [0, 0.1) is 10.1 Å². The van der Waals surface area contributed by atoms with Crippen LogP contribution in [0.5, 0.6) is 0 Å². The van der Waals surface area contributed by atoms with Gasteiger partial charge in [-0.3, -0.25) is 10.1 Å². The number of anilines is 1. The van der Waals surface area contributed by atoms with Gasteiger partial charge in [0, 0.05) is 10.5 Å². The number of nitro benzene ring substituents is 1. The van der Waals surface area contributed by atoms with E-state index in [1.54, 1.807) is 12.1 Å². The number of nitrogen functional groups attached to an aromatic ring is 1. The van der Waals surface area contributed by atoms with Gasteiger partial charge in [0.2, 0.25) is 0 Å². The van der Waals surface area contributed by atoms with Gasteiger partial charge in [0.25, 0.3) is 5.69 Å². The molecule has 1 heterocycles. The first-order chi connectivity index (χ1) is 8.06. The highest BCUT2D eigenvalue weighted by molar-refractivity contribution is 9.10. The van der Waals surface area contributed by atoms with Crippen LogP contribution in [0.3, 0.4) is 0 Å². The molecule has 0 spiro atoms. The van der Waals surface area contributed by atoms with Crippen molar-refractivity contribution in [3.8, 4) is 0 Å². The highest BCUT2D eigenvalue weighted by atomic mass is 79.9. The average Bonchev–Trinajstić information content (AvgIpc) is 2.66. The molecule has 0 amide bonds. The van der Waals surface area contributed by atoms with E-state index in [1.807, 2.05) is 0 Å². The minimum Gasteiger partial charge on any atom is -0.381 e. The summed E-state index contributed by atoms with van der Waals surface area (Å²) in [6.45, 7) is 0.258. The zero-order valence-corrected chi connectivity index (χ0v) is 10.2. The first-order valence-electron chi connectivity index (χ1n) is 4.64. The molecule has 8 heteroatoms. The summed E-state index contributed by atoms with van der Waals surface area (Å²) in [6.07, 6.45) is 1.52. The van der Waals surface area contributed by atoms with E-state index >= 15 is 0 Å². The third kappa shape index (κ3) is 2.59. The zero-order chi connectivity index (χ0) is 12.4. The Kier molecular flexibility index (Phi) is 3.05. The van der Waals surface area contributed by atoms with Gasteiger partial charge in [0.05, 0.1) is 23.2 Å². The number of aromatic nitrogens is 3. The summed E-state index contributed by atoms with van der Waals surface area (Å²) in [4.78, 5) is 10.5. The third-order valence-corrected chi connectivity index (χ3v) is 2.63. The van der Waals surface area contributed by atoms with Crippen molar-refractivity contribution < 1.29 is 4.92 Å². The normalized spacial score (nSPS) is 10.4. The molecule has 0 fully saturated rings. The number of hydrogen-bond donors (Lipinski definition) is 1. The SMILES string of the molecule is Nc1cn(Cc2ccc(Br)cc2[N+](=O)[O-])nn1. The number of nitrogens with zero attached hydrogens (tertiary/aromatic N) is 4. The van der Waals surface area contributed by atoms with Crippen LogP contribution >= 0.6 is 15.9 Å². The second-order valence-electron chi connectivity index (χ2n) is 3.37. The topological polar surface area (TPSA) is 99.9 Å². The van der Waals surface area contributed by atoms with Crippen LogP contribution in [0.4, 0.5) is 11.5 Å². The van der Waals surface area contributed by atoms with Gasteiger partial charge in [0.15, 0.2) is 5.82 Å². The van der Waals surface area contributed by atoms with E-state index in [0.29, 0.717) is 10.0 Å². The molecule has 0 saturated heterocycles. The largest absolute Gasteiger partial charge is 0.381 e. The van der Waals surface area contributed by atoms with Crippen LogP contribution in [-0.4, -0.2) is 19.9 Å². The fourth-order valence-electron chi connectivity index (χ4n) is 1.41. The fraction of sp³-hybridized carbons (Fsp3) is 0.111. The standard InChI is InChI=1S/C9H8BrN5O2/c10-7-2-1-6(8(3-7)15(16)17)4-14-5-9(11)12-13-14/h1-3,5H,4,11H2. The first-order valence-corrected chi connectivity index (χ1v) is 5.44. The molecular weight excluding hydrogens is 290 g/mol. The molecule has 0 aliphatic rings. The van der Waals surface area contributed by atoms with Crippen LogP contribution < -0.4 is 5.73 Å². The van der Waals surface area contributed by atoms with E-state index in [1.165, 1.54) is 16.9 Å². The van der Waals surface area contributed by atoms with Crippen molar-refractivity contribution in [2.45, 2.75) is 6.54 Å². The molecule has 0 aliphatic heterocycles. The first kappa shape index (κ1) is 11.5. The number of benzene rings is 1. The zero-order valence-electron chi connectivity index (χ0n) is 8.58. The van der Waals surface area contributed by atoms with E-state index in [9.17, 15) is 10.1 Å². The van der Waals surface area contributed by atoms with Gasteiger partial charge in [-0.05, 0) is 12.1 Å². The summed E-state index contributed by atoms with van der Waals surface area (Å²) >= 11 is 3.19. The van der Waals surface area contributed by atoms with Gasteiger partial charge in [0.1, 0.15) is 0 Å². The smallest absolute Gasteiger partial charge is 0.275 e. The minimum absolute atomic E-state index is 0.0356. The van der Waals surface area contributed by atoms with E-state index < -0.39 is 4.92 Å². The van der Waals surface area contributed by atoms with Crippen LogP contribution in [0.25, 0.3) is 0 Å². The van der Waals surface area contributed by atoms with Gasteiger partial charge in [-0.15, -0.1) is 5.10 Å². The number of rotatable bonds is 3. The molecule has 1 aromatic heterocycles. The average molecular weight is 298 g/mol. The number of halogens is 1. The van der Waals surface area contributed by atoms with Gasteiger partial charge < -0.3 is 5.73 Å². The van der Waals surface area contributed by atoms with E-state index in [4.69, 9.17) is 5.73 Å². The van der Waals surface area contributed by atoms with Crippen molar-refractivity contribution in [1.82, 2.24) is 15.0 Å². The Bertz CT molecular complexity index is 568. The molecule has 0 radical (unpaired) electrons. The van der Waals surface area contributed by atoms with Gasteiger partial charge in [-0.1, -0.05) is 21.1 Å². The molecule has 0 aliphatic carbocycles. The molecule has 17 heavy (non-hydrogen) atoms. The van der Waals surface area contributed by atoms with Crippen LogP contribution in [0.15, 0.2) is 28.9 Å². The molecule has 1 aromatic carbocycles. The van der Waals surface area contributed by atoms with Crippen molar-refractivity contribution in [2.75, 3.05) is 5.73 Å². The summed E-state index contributed by atoms with van der Waals surface area (Å²) in [5.74, 6) is 0.282. The van der Waals surface area contributed by atoms with E-state index in [2.05, 4.69) is 26.2 Å². The number of nitro groups is 1. The molecule has 0 atom stereocenters. The summed E-state index contributed by atoms with van der Waals surface area (Å²) in [7, 11) is 0. The Balaban J connectivity index is 2.35. The van der Waals surface area contributed by atoms with Crippen LogP contribution in [-0.2, 0) is 6.54 Å². The van der Waals surface area contributed by atoms with Crippen molar-refractivity contribution in [3.05, 3.63) is 44.5 Å². The van der Waals surface area contributed by atoms with Crippen LogP contribution in [0.1, 0.15) is 5.56 Å². The number of hydrogen-bond acceptors (Lipinski definition) is 5. The summed E-state index contributed by atoms with van der Waals surface area (Å²) < 4.78 is 2.11. The maximum absolute atomic E-state index is 10.9. The van der Waals surface area contributed by atoms with Crippen molar-refractivity contribution >= 4 is 27.4 Å². The second kappa shape index (κ2) is 4.50. The Hall–Kier alpha value is -1.96. The lowest BCUT2D eigenvalue weighted by Gasteiger charge is -2.03. The predicted molar refractivity (Wildman–Crippen MR) is 64.3 cm³/mol. The fourth-order valence-corrected chi connectivity index (χ4v) is 1.75. The lowest BCUT2D eigenvalue weighted by molar-refractivity contribution is -0.385. The summed E-state index contributed by atoms with van der Waals surface area (Å²) in [5.41, 5.74) is 6.00. The Morgan fingerprint density at radius 1 is 1.53 bits per heavy atom. The lowest BCUT2D eigenvalue weighted by Crippen LogP contribution is -2.04.